The Hall–Kier alpha value is -0.340. The molecule has 1 atom stereocenters. The summed E-state index contributed by atoms with van der Waals surface area (Å²) in [7, 11) is 0. The Morgan fingerprint density at radius 1 is 1.35 bits per heavy atom. The third-order valence-corrected chi connectivity index (χ3v) is 3.47. The summed E-state index contributed by atoms with van der Waals surface area (Å²) >= 11 is 0. The molecule has 0 aromatic rings. The number of hydrogen-bond donors (Lipinski definition) is 1. The number of rotatable bonds is 6. The van der Waals surface area contributed by atoms with E-state index in [9.17, 15) is 0 Å². The third-order valence-electron chi connectivity index (χ3n) is 3.47. The molecule has 100 valence electrons. The van der Waals surface area contributed by atoms with Crippen molar-refractivity contribution in [3.05, 3.63) is 12.7 Å². The molecular weight excluding hydrogens is 208 g/mol. The Kier molecular flexibility index (Phi) is 6.21. The summed E-state index contributed by atoms with van der Waals surface area (Å²) in [4.78, 5) is 2.67. The zero-order valence-electron chi connectivity index (χ0n) is 12.0. The van der Waals surface area contributed by atoms with Crippen molar-refractivity contribution >= 4 is 0 Å². The predicted molar refractivity (Wildman–Crippen MR) is 76.4 cm³/mol. The van der Waals surface area contributed by atoms with Crippen LogP contribution in [0, 0.1) is 0 Å². The molecule has 1 heterocycles. The Morgan fingerprint density at radius 3 is 2.76 bits per heavy atom. The van der Waals surface area contributed by atoms with Crippen LogP contribution in [0.1, 0.15) is 52.9 Å². The fraction of sp³-hybridized carbons (Fsp3) is 0.867. The quantitative estimate of drug-likeness (QED) is 0.565. The molecule has 1 N–H and O–H groups in total. The van der Waals surface area contributed by atoms with Crippen molar-refractivity contribution in [2.45, 2.75) is 64.5 Å². The SMILES string of the molecule is C=CCCCN1CCCCC1CNC(C)(C)C. The summed E-state index contributed by atoms with van der Waals surface area (Å²) < 4.78 is 0. The van der Waals surface area contributed by atoms with E-state index in [0.29, 0.717) is 0 Å². The Balaban J connectivity index is 2.34. The van der Waals surface area contributed by atoms with Gasteiger partial charge in [-0.1, -0.05) is 12.5 Å². The molecule has 0 saturated carbocycles. The lowest BCUT2D eigenvalue weighted by Gasteiger charge is -2.37. The summed E-state index contributed by atoms with van der Waals surface area (Å²) in [6, 6.07) is 0.743. The Labute approximate surface area is 107 Å². The summed E-state index contributed by atoms with van der Waals surface area (Å²) in [6.07, 6.45) is 8.57. The lowest BCUT2D eigenvalue weighted by Crippen LogP contribution is -2.49. The van der Waals surface area contributed by atoms with E-state index < -0.39 is 0 Å². The fourth-order valence-corrected chi connectivity index (χ4v) is 2.45. The molecule has 0 bridgehead atoms. The van der Waals surface area contributed by atoms with Gasteiger partial charge in [0.1, 0.15) is 0 Å². The van der Waals surface area contributed by atoms with Crippen molar-refractivity contribution in [2.24, 2.45) is 0 Å². The number of hydrogen-bond acceptors (Lipinski definition) is 2. The van der Waals surface area contributed by atoms with Gasteiger partial charge in [0.2, 0.25) is 0 Å². The second-order valence-corrected chi connectivity index (χ2v) is 6.25. The van der Waals surface area contributed by atoms with Crippen molar-refractivity contribution in [3.8, 4) is 0 Å². The average Bonchev–Trinajstić information content (AvgIpc) is 2.27. The van der Waals surface area contributed by atoms with Crippen molar-refractivity contribution in [3.63, 3.8) is 0 Å². The maximum Gasteiger partial charge on any atom is 0.0220 e. The molecule has 0 aromatic carbocycles. The van der Waals surface area contributed by atoms with Gasteiger partial charge in [0.05, 0.1) is 0 Å². The van der Waals surface area contributed by atoms with Crippen LogP contribution in [0.25, 0.3) is 0 Å². The molecule has 1 fully saturated rings. The molecule has 0 aromatic heterocycles. The van der Waals surface area contributed by atoms with Gasteiger partial charge in [-0.2, -0.15) is 0 Å². The van der Waals surface area contributed by atoms with Crippen LogP contribution in [-0.2, 0) is 0 Å². The van der Waals surface area contributed by atoms with Crippen LogP contribution in [0.3, 0.4) is 0 Å². The topological polar surface area (TPSA) is 15.3 Å². The standard InChI is InChI=1S/C15H30N2/c1-5-6-8-11-17-12-9-7-10-14(17)13-16-15(2,3)4/h5,14,16H,1,6-13H2,2-4H3. The smallest absolute Gasteiger partial charge is 0.0220 e. The summed E-state index contributed by atoms with van der Waals surface area (Å²) in [5.74, 6) is 0. The molecule has 1 unspecified atom stereocenters. The molecule has 0 radical (unpaired) electrons. The van der Waals surface area contributed by atoms with E-state index in [1.807, 2.05) is 6.08 Å². The van der Waals surface area contributed by atoms with Gasteiger partial charge in [-0.05, 0) is 59.5 Å². The van der Waals surface area contributed by atoms with Gasteiger partial charge < -0.3 is 5.32 Å². The second kappa shape index (κ2) is 7.17. The van der Waals surface area contributed by atoms with Crippen LogP contribution >= 0.6 is 0 Å². The second-order valence-electron chi connectivity index (χ2n) is 6.25. The average molecular weight is 238 g/mol. The van der Waals surface area contributed by atoms with E-state index in [2.05, 4.69) is 37.6 Å². The Morgan fingerprint density at radius 2 is 2.12 bits per heavy atom. The number of allylic oxidation sites excluding steroid dienone is 1. The zero-order chi connectivity index (χ0) is 12.7. The lowest BCUT2D eigenvalue weighted by molar-refractivity contribution is 0.137. The van der Waals surface area contributed by atoms with Gasteiger partial charge in [-0.3, -0.25) is 4.90 Å². The van der Waals surface area contributed by atoms with Crippen LogP contribution in [0.5, 0.6) is 0 Å². The van der Waals surface area contributed by atoms with Crippen LogP contribution in [-0.4, -0.2) is 36.1 Å². The summed E-state index contributed by atoms with van der Waals surface area (Å²) in [5.41, 5.74) is 0.240. The van der Waals surface area contributed by atoms with Crippen LogP contribution in [0.4, 0.5) is 0 Å². The highest BCUT2D eigenvalue weighted by atomic mass is 15.2. The first-order chi connectivity index (χ1) is 8.03. The van der Waals surface area contributed by atoms with Gasteiger partial charge in [0.25, 0.3) is 0 Å². The molecule has 1 aliphatic rings. The largest absolute Gasteiger partial charge is 0.311 e. The van der Waals surface area contributed by atoms with E-state index in [0.717, 1.165) is 19.0 Å². The van der Waals surface area contributed by atoms with Crippen molar-refractivity contribution in [2.75, 3.05) is 19.6 Å². The third kappa shape index (κ3) is 6.23. The van der Waals surface area contributed by atoms with Gasteiger partial charge >= 0.3 is 0 Å². The lowest BCUT2D eigenvalue weighted by atomic mass is 10.00. The van der Waals surface area contributed by atoms with E-state index in [-0.39, 0.29) is 5.54 Å². The number of unbranched alkanes of at least 4 members (excludes halogenated alkanes) is 1. The monoisotopic (exact) mass is 238 g/mol. The molecule has 2 heteroatoms. The minimum atomic E-state index is 0.240. The van der Waals surface area contributed by atoms with Crippen LogP contribution in [0.2, 0.25) is 0 Å². The molecule has 0 aliphatic carbocycles. The first kappa shape index (κ1) is 14.7. The van der Waals surface area contributed by atoms with Gasteiger partial charge in [0, 0.05) is 18.1 Å². The van der Waals surface area contributed by atoms with Crippen molar-refractivity contribution < 1.29 is 0 Å². The summed E-state index contributed by atoms with van der Waals surface area (Å²) in [6.45, 7) is 14.2. The van der Waals surface area contributed by atoms with E-state index >= 15 is 0 Å². The molecule has 17 heavy (non-hydrogen) atoms. The highest BCUT2D eigenvalue weighted by Crippen LogP contribution is 2.17. The predicted octanol–water partition coefficient (Wildman–Crippen LogP) is 3.20. The first-order valence-electron chi connectivity index (χ1n) is 7.13. The normalized spacial score (nSPS) is 22.6. The minimum Gasteiger partial charge on any atom is -0.311 e. The van der Waals surface area contributed by atoms with Crippen molar-refractivity contribution in [1.29, 1.82) is 0 Å². The summed E-state index contributed by atoms with van der Waals surface area (Å²) in [5, 5.41) is 3.65. The molecule has 2 nitrogen and oxygen atoms in total. The molecular formula is C15H30N2. The molecule has 0 amide bonds. The first-order valence-corrected chi connectivity index (χ1v) is 7.13. The minimum absolute atomic E-state index is 0.240. The number of nitrogens with one attached hydrogen (secondary N) is 1. The van der Waals surface area contributed by atoms with E-state index in [4.69, 9.17) is 0 Å². The molecule has 1 aliphatic heterocycles. The van der Waals surface area contributed by atoms with E-state index in [1.165, 1.54) is 38.8 Å². The van der Waals surface area contributed by atoms with Gasteiger partial charge in [-0.25, -0.2) is 0 Å². The zero-order valence-corrected chi connectivity index (χ0v) is 12.0. The molecule has 0 spiro atoms. The van der Waals surface area contributed by atoms with Gasteiger partial charge in [-0.15, -0.1) is 6.58 Å². The fourth-order valence-electron chi connectivity index (χ4n) is 2.45. The van der Waals surface area contributed by atoms with E-state index in [1.54, 1.807) is 0 Å². The highest BCUT2D eigenvalue weighted by molar-refractivity contribution is 4.82. The maximum atomic E-state index is 3.80. The molecule has 1 saturated heterocycles. The number of nitrogens with zero attached hydrogens (tertiary/aromatic N) is 1. The maximum absolute atomic E-state index is 3.80. The van der Waals surface area contributed by atoms with Crippen LogP contribution < -0.4 is 5.32 Å². The van der Waals surface area contributed by atoms with Crippen molar-refractivity contribution in [1.82, 2.24) is 10.2 Å². The van der Waals surface area contributed by atoms with Gasteiger partial charge in [0.15, 0.2) is 0 Å². The number of likely N-dealkylation sites (tertiary alicyclic amines) is 1. The Bertz CT molecular complexity index is 217. The highest BCUT2D eigenvalue weighted by Gasteiger charge is 2.22. The number of piperidine rings is 1. The van der Waals surface area contributed by atoms with Crippen LogP contribution in [0.15, 0.2) is 12.7 Å². The molecule has 1 rings (SSSR count).